The first-order valence-electron chi connectivity index (χ1n) is 4.74. The highest BCUT2D eigenvalue weighted by Crippen LogP contribution is 2.29. The summed E-state index contributed by atoms with van der Waals surface area (Å²) < 4.78 is 30.3. The van der Waals surface area contributed by atoms with E-state index in [-0.39, 0.29) is 18.1 Å². The van der Waals surface area contributed by atoms with Crippen LogP contribution >= 0.6 is 34.2 Å². The summed E-state index contributed by atoms with van der Waals surface area (Å²) in [4.78, 5) is 14.9. The van der Waals surface area contributed by atoms with E-state index in [0.717, 1.165) is 0 Å². The van der Waals surface area contributed by atoms with Crippen LogP contribution in [0.1, 0.15) is 24.6 Å². The molecule has 1 heterocycles. The minimum Gasteiger partial charge on any atom is -0.466 e. The summed E-state index contributed by atoms with van der Waals surface area (Å²) >= 11 is 7.56. The zero-order chi connectivity index (χ0) is 13.0. The Kier molecular flexibility index (Phi) is 5.51. The smallest absolute Gasteiger partial charge is 0.310 e. The minimum absolute atomic E-state index is 0.134. The molecule has 0 spiro atoms. The molecular formula is C10H9ClF2INO2. The highest BCUT2D eigenvalue weighted by atomic mass is 127. The van der Waals surface area contributed by atoms with Gasteiger partial charge in [-0.05, 0) is 41.1 Å². The van der Waals surface area contributed by atoms with E-state index in [0.29, 0.717) is 9.26 Å². The summed E-state index contributed by atoms with van der Waals surface area (Å²) in [5.74, 6) is -0.503. The van der Waals surface area contributed by atoms with Gasteiger partial charge < -0.3 is 4.74 Å². The first-order valence-corrected chi connectivity index (χ1v) is 6.20. The maximum absolute atomic E-state index is 12.6. The maximum atomic E-state index is 12.6. The molecule has 17 heavy (non-hydrogen) atoms. The van der Waals surface area contributed by atoms with Crippen molar-refractivity contribution < 1.29 is 18.3 Å². The number of rotatable bonds is 4. The fraction of sp³-hybridized carbons (Fsp3) is 0.400. The van der Waals surface area contributed by atoms with Crippen LogP contribution in [0, 0.1) is 3.70 Å². The number of esters is 1. The molecule has 0 amide bonds. The van der Waals surface area contributed by atoms with Gasteiger partial charge in [-0.2, -0.15) is 0 Å². The van der Waals surface area contributed by atoms with Gasteiger partial charge in [0.15, 0.2) is 0 Å². The molecule has 1 aromatic heterocycles. The highest BCUT2D eigenvalue weighted by Gasteiger charge is 2.19. The first kappa shape index (κ1) is 14.6. The number of pyridine rings is 1. The van der Waals surface area contributed by atoms with Gasteiger partial charge in [-0.15, -0.1) is 0 Å². The summed E-state index contributed by atoms with van der Waals surface area (Å²) in [5.41, 5.74) is -0.197. The quantitative estimate of drug-likeness (QED) is 0.460. The largest absolute Gasteiger partial charge is 0.466 e. The predicted molar refractivity (Wildman–Crippen MR) is 67.3 cm³/mol. The van der Waals surface area contributed by atoms with Crippen molar-refractivity contribution in [1.82, 2.24) is 4.98 Å². The summed E-state index contributed by atoms with van der Waals surface area (Å²) in [7, 11) is 0. The van der Waals surface area contributed by atoms with E-state index in [4.69, 9.17) is 16.3 Å². The molecular weight excluding hydrogens is 366 g/mol. The van der Waals surface area contributed by atoms with Crippen LogP contribution in [-0.4, -0.2) is 17.6 Å². The lowest BCUT2D eigenvalue weighted by Gasteiger charge is -2.09. The molecule has 7 heteroatoms. The van der Waals surface area contributed by atoms with E-state index in [1.807, 2.05) is 0 Å². The van der Waals surface area contributed by atoms with Crippen molar-refractivity contribution in [1.29, 1.82) is 0 Å². The zero-order valence-corrected chi connectivity index (χ0v) is 11.8. The van der Waals surface area contributed by atoms with Crippen LogP contribution < -0.4 is 0 Å². The van der Waals surface area contributed by atoms with Gasteiger partial charge in [0.2, 0.25) is 0 Å². The van der Waals surface area contributed by atoms with Crippen LogP contribution in [0.15, 0.2) is 6.07 Å². The Morgan fingerprint density at radius 3 is 2.82 bits per heavy atom. The van der Waals surface area contributed by atoms with Crippen molar-refractivity contribution in [2.24, 2.45) is 0 Å². The number of halogens is 4. The number of nitrogens with zero attached hydrogens (tertiary/aromatic N) is 1. The second-order valence-corrected chi connectivity index (χ2v) is 4.57. The Bertz CT molecular complexity index is 429. The third kappa shape index (κ3) is 4.02. The van der Waals surface area contributed by atoms with Crippen LogP contribution in [-0.2, 0) is 16.0 Å². The summed E-state index contributed by atoms with van der Waals surface area (Å²) in [6.45, 7) is 1.90. The van der Waals surface area contributed by atoms with Crippen LogP contribution in [0.2, 0.25) is 5.02 Å². The number of alkyl halides is 2. The van der Waals surface area contributed by atoms with Gasteiger partial charge in [-0.25, -0.2) is 13.8 Å². The summed E-state index contributed by atoms with van der Waals surface area (Å²) in [6.07, 6.45) is -2.90. The molecule has 0 radical (unpaired) electrons. The van der Waals surface area contributed by atoms with E-state index in [1.165, 1.54) is 6.07 Å². The van der Waals surface area contributed by atoms with Crippen LogP contribution in [0.4, 0.5) is 8.78 Å². The van der Waals surface area contributed by atoms with Crippen molar-refractivity contribution in [2.45, 2.75) is 19.8 Å². The Morgan fingerprint density at radius 2 is 2.29 bits per heavy atom. The lowest BCUT2D eigenvalue weighted by molar-refractivity contribution is -0.142. The normalized spacial score (nSPS) is 10.7. The number of carbonyl (C=O) groups is 1. The first-order chi connectivity index (χ1) is 7.95. The molecule has 0 atom stereocenters. The molecule has 0 aromatic carbocycles. The number of hydrogen-bond acceptors (Lipinski definition) is 3. The molecule has 3 nitrogen and oxygen atoms in total. The Labute approximate surface area is 116 Å². The highest BCUT2D eigenvalue weighted by molar-refractivity contribution is 14.1. The van der Waals surface area contributed by atoms with Crippen molar-refractivity contribution in [2.75, 3.05) is 6.61 Å². The van der Waals surface area contributed by atoms with E-state index in [1.54, 1.807) is 29.5 Å². The average molecular weight is 376 g/mol. The molecule has 0 fully saturated rings. The van der Waals surface area contributed by atoms with E-state index in [2.05, 4.69) is 4.98 Å². The molecule has 0 saturated heterocycles. The van der Waals surface area contributed by atoms with Gasteiger partial charge in [0.25, 0.3) is 6.43 Å². The summed E-state index contributed by atoms with van der Waals surface area (Å²) in [6, 6.07) is 1.49. The minimum atomic E-state index is -2.77. The fourth-order valence-corrected chi connectivity index (χ4v) is 2.09. The standard InChI is InChI=1S/C10H9ClF2INO2/c1-2-17-7(16)4-5-3-6(14)15-9(8(5)11)10(12)13/h3,10H,2,4H2,1H3. The summed E-state index contributed by atoms with van der Waals surface area (Å²) in [5, 5.41) is -0.173. The molecule has 0 saturated carbocycles. The number of aromatic nitrogens is 1. The molecule has 1 aromatic rings. The predicted octanol–water partition coefficient (Wildman–Crippen LogP) is 3.38. The monoisotopic (exact) mass is 375 g/mol. The van der Waals surface area contributed by atoms with Crippen molar-refractivity contribution in [3.05, 3.63) is 26.0 Å². The van der Waals surface area contributed by atoms with E-state index in [9.17, 15) is 13.6 Å². The van der Waals surface area contributed by atoms with E-state index < -0.39 is 18.1 Å². The van der Waals surface area contributed by atoms with Crippen molar-refractivity contribution in [3.63, 3.8) is 0 Å². The van der Waals surface area contributed by atoms with Crippen LogP contribution in [0.25, 0.3) is 0 Å². The molecule has 0 unspecified atom stereocenters. The average Bonchev–Trinajstić information content (AvgIpc) is 2.22. The zero-order valence-electron chi connectivity index (χ0n) is 8.84. The van der Waals surface area contributed by atoms with Crippen molar-refractivity contribution >= 4 is 40.2 Å². The fourth-order valence-electron chi connectivity index (χ4n) is 1.21. The van der Waals surface area contributed by atoms with Crippen molar-refractivity contribution in [3.8, 4) is 0 Å². The van der Waals surface area contributed by atoms with Crippen LogP contribution in [0.3, 0.4) is 0 Å². The lowest BCUT2D eigenvalue weighted by atomic mass is 10.1. The third-order valence-corrected chi connectivity index (χ3v) is 2.86. The molecule has 0 aliphatic rings. The number of carbonyl (C=O) groups excluding carboxylic acids is 1. The van der Waals surface area contributed by atoms with Gasteiger partial charge in [0.05, 0.1) is 18.1 Å². The molecule has 94 valence electrons. The Morgan fingerprint density at radius 1 is 1.65 bits per heavy atom. The number of hydrogen-bond donors (Lipinski definition) is 0. The second kappa shape index (κ2) is 6.44. The SMILES string of the molecule is CCOC(=O)Cc1cc(I)nc(C(F)F)c1Cl. The van der Waals surface area contributed by atoms with Gasteiger partial charge in [-0.3, -0.25) is 4.79 Å². The Hall–Kier alpha value is -0.500. The second-order valence-electron chi connectivity index (χ2n) is 3.09. The van der Waals surface area contributed by atoms with Gasteiger partial charge >= 0.3 is 5.97 Å². The third-order valence-electron chi connectivity index (χ3n) is 1.87. The molecule has 1 rings (SSSR count). The topological polar surface area (TPSA) is 39.2 Å². The number of ether oxygens (including phenoxy) is 1. The lowest BCUT2D eigenvalue weighted by Crippen LogP contribution is -2.09. The van der Waals surface area contributed by atoms with Gasteiger partial charge in [0.1, 0.15) is 9.39 Å². The maximum Gasteiger partial charge on any atom is 0.310 e. The van der Waals surface area contributed by atoms with Gasteiger partial charge in [0, 0.05) is 0 Å². The molecule has 0 aliphatic heterocycles. The molecule has 0 N–H and O–H groups in total. The molecule has 0 bridgehead atoms. The van der Waals surface area contributed by atoms with Gasteiger partial charge in [-0.1, -0.05) is 11.6 Å². The Balaban J connectivity index is 3.03. The van der Waals surface area contributed by atoms with E-state index >= 15 is 0 Å². The molecule has 0 aliphatic carbocycles. The van der Waals surface area contributed by atoms with Crippen LogP contribution in [0.5, 0.6) is 0 Å².